The molecule has 0 aliphatic carbocycles. The van der Waals surface area contributed by atoms with Crippen molar-refractivity contribution in [2.45, 2.75) is 25.7 Å². The van der Waals surface area contributed by atoms with Crippen LogP contribution in [0.25, 0.3) is 0 Å². The van der Waals surface area contributed by atoms with E-state index in [2.05, 4.69) is 0 Å². The summed E-state index contributed by atoms with van der Waals surface area (Å²) in [5.74, 6) is -0.908. The van der Waals surface area contributed by atoms with Crippen molar-refractivity contribution < 1.29 is 12.8 Å². The first kappa shape index (κ1) is 16.6. The highest BCUT2D eigenvalue weighted by Gasteiger charge is 2.26. The van der Waals surface area contributed by atoms with Crippen LogP contribution in [0.3, 0.4) is 0 Å². The minimum absolute atomic E-state index is 0.0698. The molecule has 0 saturated carbocycles. The van der Waals surface area contributed by atoms with E-state index in [0.717, 1.165) is 4.31 Å². The number of amidine groups is 1. The molecule has 20 heavy (non-hydrogen) atoms. The van der Waals surface area contributed by atoms with Crippen molar-refractivity contribution in [1.82, 2.24) is 4.31 Å². The molecule has 0 fully saturated rings. The molecule has 0 amide bonds. The van der Waals surface area contributed by atoms with E-state index in [1.807, 2.05) is 0 Å². The monoisotopic (exact) mass is 301 g/mol. The standard InChI is InChI=1S/C13H20FN3O2S/c1-8-5-11(14)6-9(2)12(8)20(18,19)17(4)7-10(3)13(15)16/h5-6,10H,7H2,1-4H3,(H3,15,16). The molecule has 1 aromatic carbocycles. The zero-order chi connectivity index (χ0) is 15.7. The summed E-state index contributed by atoms with van der Waals surface area (Å²) in [5.41, 5.74) is 6.09. The second-order valence-electron chi connectivity index (χ2n) is 5.01. The molecule has 112 valence electrons. The second kappa shape index (κ2) is 5.88. The molecule has 1 unspecified atom stereocenters. The van der Waals surface area contributed by atoms with E-state index in [9.17, 15) is 12.8 Å². The smallest absolute Gasteiger partial charge is 0.243 e. The molecule has 0 aliphatic rings. The lowest BCUT2D eigenvalue weighted by Crippen LogP contribution is -2.36. The van der Waals surface area contributed by atoms with Crippen LogP contribution in [0.2, 0.25) is 0 Å². The Bertz CT molecular complexity index is 605. The lowest BCUT2D eigenvalue weighted by Gasteiger charge is -2.22. The molecule has 0 heterocycles. The predicted molar refractivity (Wildman–Crippen MR) is 76.8 cm³/mol. The van der Waals surface area contributed by atoms with Crippen molar-refractivity contribution in [3.05, 3.63) is 29.1 Å². The Morgan fingerprint density at radius 2 is 1.85 bits per heavy atom. The zero-order valence-electron chi connectivity index (χ0n) is 12.1. The highest BCUT2D eigenvalue weighted by Crippen LogP contribution is 2.24. The van der Waals surface area contributed by atoms with Gasteiger partial charge in [0, 0.05) is 19.5 Å². The van der Waals surface area contributed by atoms with Crippen molar-refractivity contribution >= 4 is 15.9 Å². The fourth-order valence-corrected chi connectivity index (χ4v) is 3.71. The predicted octanol–water partition coefficient (Wildman–Crippen LogP) is 1.64. The van der Waals surface area contributed by atoms with Gasteiger partial charge in [0.1, 0.15) is 5.82 Å². The number of hydrogen-bond donors (Lipinski definition) is 2. The quantitative estimate of drug-likeness (QED) is 0.640. The van der Waals surface area contributed by atoms with Crippen LogP contribution in [-0.4, -0.2) is 32.2 Å². The number of nitrogens with zero attached hydrogens (tertiary/aromatic N) is 1. The lowest BCUT2D eigenvalue weighted by molar-refractivity contribution is 0.442. The van der Waals surface area contributed by atoms with E-state index in [-0.39, 0.29) is 23.2 Å². The maximum atomic E-state index is 13.3. The van der Waals surface area contributed by atoms with Gasteiger partial charge in [0.15, 0.2) is 0 Å². The molecule has 1 aromatic rings. The third-order valence-corrected chi connectivity index (χ3v) is 5.28. The number of rotatable bonds is 5. The maximum Gasteiger partial charge on any atom is 0.243 e. The summed E-state index contributed by atoms with van der Waals surface area (Å²) in [6.07, 6.45) is 0. The molecule has 0 radical (unpaired) electrons. The van der Waals surface area contributed by atoms with Gasteiger partial charge in [-0.3, -0.25) is 5.41 Å². The van der Waals surface area contributed by atoms with Gasteiger partial charge in [-0.05, 0) is 37.1 Å². The maximum absolute atomic E-state index is 13.3. The summed E-state index contributed by atoms with van der Waals surface area (Å²) in [7, 11) is -2.30. The minimum atomic E-state index is -3.73. The summed E-state index contributed by atoms with van der Waals surface area (Å²) in [5, 5.41) is 7.32. The largest absolute Gasteiger partial charge is 0.387 e. The first-order valence-electron chi connectivity index (χ1n) is 6.14. The summed E-state index contributed by atoms with van der Waals surface area (Å²) in [6.45, 7) is 4.91. The Kier molecular flexibility index (Phi) is 4.88. The SMILES string of the molecule is Cc1cc(F)cc(C)c1S(=O)(=O)N(C)CC(C)C(=N)N. The summed E-state index contributed by atoms with van der Waals surface area (Å²) >= 11 is 0. The van der Waals surface area contributed by atoms with Gasteiger partial charge in [0.25, 0.3) is 0 Å². The van der Waals surface area contributed by atoms with Gasteiger partial charge in [-0.25, -0.2) is 17.1 Å². The van der Waals surface area contributed by atoms with Gasteiger partial charge in [-0.15, -0.1) is 0 Å². The lowest BCUT2D eigenvalue weighted by atomic mass is 10.1. The highest BCUT2D eigenvalue weighted by molar-refractivity contribution is 7.89. The van der Waals surface area contributed by atoms with E-state index < -0.39 is 15.8 Å². The molecule has 0 bridgehead atoms. The van der Waals surface area contributed by atoms with E-state index in [1.54, 1.807) is 20.8 Å². The number of sulfonamides is 1. The van der Waals surface area contributed by atoms with Gasteiger partial charge >= 0.3 is 0 Å². The molecule has 3 N–H and O–H groups in total. The molecule has 0 spiro atoms. The van der Waals surface area contributed by atoms with Crippen LogP contribution in [0.15, 0.2) is 17.0 Å². The van der Waals surface area contributed by atoms with Crippen LogP contribution in [0.4, 0.5) is 4.39 Å². The van der Waals surface area contributed by atoms with E-state index in [0.29, 0.717) is 11.1 Å². The normalized spacial score (nSPS) is 13.5. The summed E-state index contributed by atoms with van der Waals surface area (Å²) < 4.78 is 39.5. The van der Waals surface area contributed by atoms with Crippen LogP contribution >= 0.6 is 0 Å². The van der Waals surface area contributed by atoms with Crippen LogP contribution in [0.5, 0.6) is 0 Å². The van der Waals surface area contributed by atoms with Crippen molar-refractivity contribution in [3.63, 3.8) is 0 Å². The van der Waals surface area contributed by atoms with Gasteiger partial charge in [-0.2, -0.15) is 0 Å². The first-order chi connectivity index (χ1) is 9.07. The second-order valence-corrected chi connectivity index (χ2v) is 6.99. The van der Waals surface area contributed by atoms with Crippen LogP contribution in [0, 0.1) is 31.0 Å². The molecule has 1 rings (SSSR count). The number of halogens is 1. The van der Waals surface area contributed by atoms with E-state index in [1.165, 1.54) is 19.2 Å². The zero-order valence-corrected chi connectivity index (χ0v) is 12.9. The van der Waals surface area contributed by atoms with Gasteiger partial charge in [-0.1, -0.05) is 6.92 Å². The van der Waals surface area contributed by atoms with Crippen LogP contribution in [0.1, 0.15) is 18.1 Å². The first-order valence-corrected chi connectivity index (χ1v) is 7.58. The Morgan fingerprint density at radius 1 is 1.40 bits per heavy atom. The topological polar surface area (TPSA) is 87.2 Å². The average Bonchev–Trinajstić information content (AvgIpc) is 2.26. The van der Waals surface area contributed by atoms with Gasteiger partial charge in [0.2, 0.25) is 10.0 Å². The molecule has 1 atom stereocenters. The molecule has 5 nitrogen and oxygen atoms in total. The van der Waals surface area contributed by atoms with Crippen LogP contribution < -0.4 is 5.73 Å². The Balaban J connectivity index is 3.21. The Hall–Kier alpha value is -1.47. The van der Waals surface area contributed by atoms with Crippen molar-refractivity contribution in [3.8, 4) is 0 Å². The molecule has 0 aliphatic heterocycles. The highest BCUT2D eigenvalue weighted by atomic mass is 32.2. The fraction of sp³-hybridized carbons (Fsp3) is 0.462. The van der Waals surface area contributed by atoms with Crippen molar-refractivity contribution in [2.75, 3.05) is 13.6 Å². The number of nitrogens with two attached hydrogens (primary N) is 1. The third kappa shape index (κ3) is 3.34. The number of benzene rings is 1. The number of hydrogen-bond acceptors (Lipinski definition) is 3. The number of aryl methyl sites for hydroxylation is 2. The van der Waals surface area contributed by atoms with Gasteiger partial charge in [0.05, 0.1) is 10.7 Å². The molecular formula is C13H20FN3O2S. The third-order valence-electron chi connectivity index (χ3n) is 3.16. The van der Waals surface area contributed by atoms with Crippen molar-refractivity contribution in [1.29, 1.82) is 5.41 Å². The summed E-state index contributed by atoms with van der Waals surface area (Å²) in [4.78, 5) is 0.108. The Morgan fingerprint density at radius 3 is 2.25 bits per heavy atom. The number of nitrogens with one attached hydrogen (secondary N) is 1. The molecule has 7 heteroatoms. The van der Waals surface area contributed by atoms with Crippen LogP contribution in [-0.2, 0) is 10.0 Å². The summed E-state index contributed by atoms with van der Waals surface area (Å²) in [6, 6.07) is 2.39. The van der Waals surface area contributed by atoms with E-state index >= 15 is 0 Å². The minimum Gasteiger partial charge on any atom is -0.387 e. The van der Waals surface area contributed by atoms with Crippen molar-refractivity contribution in [2.24, 2.45) is 11.7 Å². The van der Waals surface area contributed by atoms with Gasteiger partial charge < -0.3 is 5.73 Å². The molecule has 0 aromatic heterocycles. The van der Waals surface area contributed by atoms with E-state index in [4.69, 9.17) is 11.1 Å². The fourth-order valence-electron chi connectivity index (χ4n) is 2.04. The molecule has 0 saturated heterocycles. The Labute approximate surface area is 119 Å². The molecular weight excluding hydrogens is 281 g/mol. The average molecular weight is 301 g/mol.